The Bertz CT molecular complexity index is 1090. The Hall–Kier alpha value is -2.92. The van der Waals surface area contributed by atoms with Crippen molar-refractivity contribution in [2.24, 2.45) is 0 Å². The highest BCUT2D eigenvalue weighted by Crippen LogP contribution is 2.23. The Morgan fingerprint density at radius 2 is 1.72 bits per heavy atom. The lowest BCUT2D eigenvalue weighted by atomic mass is 10.0. The summed E-state index contributed by atoms with van der Waals surface area (Å²) in [5.41, 5.74) is 4.35. The van der Waals surface area contributed by atoms with E-state index in [0.717, 1.165) is 48.1 Å². The van der Waals surface area contributed by atoms with Gasteiger partial charge in [0.1, 0.15) is 5.58 Å². The Morgan fingerprint density at radius 1 is 0.966 bits per heavy atom. The number of rotatable bonds is 3. The highest BCUT2D eigenvalue weighted by Gasteiger charge is 2.21. The van der Waals surface area contributed by atoms with Crippen molar-refractivity contribution < 1.29 is 9.21 Å². The fraction of sp³-hybridized carbons (Fsp3) is 0.333. The first-order valence-corrected chi connectivity index (χ1v) is 10.1. The van der Waals surface area contributed by atoms with Gasteiger partial charge in [0.15, 0.2) is 0 Å². The molecule has 3 aromatic rings. The van der Waals surface area contributed by atoms with Crippen LogP contribution in [0.3, 0.4) is 0 Å². The van der Waals surface area contributed by atoms with Crippen molar-refractivity contribution in [3.8, 4) is 0 Å². The number of carbonyl (C=O) groups excluding carboxylic acids is 1. The summed E-state index contributed by atoms with van der Waals surface area (Å²) in [4.78, 5) is 29.1. The van der Waals surface area contributed by atoms with Crippen LogP contribution in [0.4, 0.5) is 0 Å². The van der Waals surface area contributed by atoms with E-state index in [4.69, 9.17) is 4.42 Å². The maximum absolute atomic E-state index is 12.8. The van der Waals surface area contributed by atoms with Crippen LogP contribution in [-0.4, -0.2) is 41.9 Å². The van der Waals surface area contributed by atoms with E-state index in [1.165, 1.54) is 5.56 Å². The van der Waals surface area contributed by atoms with Crippen LogP contribution in [0.2, 0.25) is 0 Å². The summed E-state index contributed by atoms with van der Waals surface area (Å²) in [5, 5.41) is 0.995. The van der Waals surface area contributed by atoms with Gasteiger partial charge in [-0.2, -0.15) is 0 Å². The summed E-state index contributed by atoms with van der Waals surface area (Å²) in [5.74, 6) is 0.0874. The van der Waals surface area contributed by atoms with Crippen LogP contribution in [0, 0.1) is 13.8 Å². The smallest absolute Gasteiger partial charge is 0.336 e. The molecule has 0 N–H and O–H groups in total. The first-order valence-electron chi connectivity index (χ1n) is 10.1. The van der Waals surface area contributed by atoms with Crippen LogP contribution in [0.5, 0.6) is 0 Å². The van der Waals surface area contributed by atoms with Gasteiger partial charge < -0.3 is 9.32 Å². The van der Waals surface area contributed by atoms with Crippen molar-refractivity contribution in [2.45, 2.75) is 26.8 Å². The average Bonchev–Trinajstić information content (AvgIpc) is 2.95. The van der Waals surface area contributed by atoms with Crippen molar-refractivity contribution in [2.75, 3.05) is 26.2 Å². The molecule has 1 saturated heterocycles. The molecule has 29 heavy (non-hydrogen) atoms. The van der Waals surface area contributed by atoms with Gasteiger partial charge in [0.2, 0.25) is 0 Å². The van der Waals surface area contributed by atoms with Gasteiger partial charge in [-0.1, -0.05) is 18.2 Å². The first-order chi connectivity index (χ1) is 14.0. The molecule has 2 heterocycles. The average molecular weight is 390 g/mol. The molecule has 0 atom stereocenters. The Balaban J connectivity index is 1.52. The van der Waals surface area contributed by atoms with Gasteiger partial charge in [0, 0.05) is 49.7 Å². The minimum atomic E-state index is -0.313. The number of benzene rings is 2. The van der Waals surface area contributed by atoms with Crippen LogP contribution < -0.4 is 5.63 Å². The molecular formula is C24H26N2O3. The zero-order valence-electron chi connectivity index (χ0n) is 17.0. The van der Waals surface area contributed by atoms with Crippen LogP contribution in [0.25, 0.3) is 11.0 Å². The molecule has 2 aromatic carbocycles. The van der Waals surface area contributed by atoms with E-state index < -0.39 is 0 Å². The Labute approximate surface area is 170 Å². The predicted molar refractivity (Wildman–Crippen MR) is 114 cm³/mol. The SMILES string of the molecule is Cc1cc2oc(=O)cc(CN3CCCN(C(=O)c4ccccc4)CC3)c2cc1C. The molecule has 1 aliphatic heterocycles. The third-order valence-electron chi connectivity index (χ3n) is 5.73. The number of carbonyl (C=O) groups is 1. The second-order valence-electron chi connectivity index (χ2n) is 7.81. The highest BCUT2D eigenvalue weighted by molar-refractivity contribution is 5.94. The Morgan fingerprint density at radius 3 is 2.52 bits per heavy atom. The van der Waals surface area contributed by atoms with E-state index in [2.05, 4.69) is 17.9 Å². The molecule has 0 aliphatic carbocycles. The van der Waals surface area contributed by atoms with Gasteiger partial charge in [0.05, 0.1) is 0 Å². The number of hydrogen-bond acceptors (Lipinski definition) is 4. The van der Waals surface area contributed by atoms with E-state index in [9.17, 15) is 9.59 Å². The zero-order valence-corrected chi connectivity index (χ0v) is 17.0. The molecule has 0 bridgehead atoms. The number of aryl methyl sites for hydroxylation is 2. The molecule has 0 spiro atoms. The molecule has 1 fully saturated rings. The van der Waals surface area contributed by atoms with Gasteiger partial charge in [-0.15, -0.1) is 0 Å². The summed E-state index contributed by atoms with van der Waals surface area (Å²) in [6.45, 7) is 7.89. The van der Waals surface area contributed by atoms with Gasteiger partial charge in [0.25, 0.3) is 5.91 Å². The molecule has 0 saturated carbocycles. The molecule has 0 unspecified atom stereocenters. The lowest BCUT2D eigenvalue weighted by Gasteiger charge is -2.22. The van der Waals surface area contributed by atoms with Crippen molar-refractivity contribution in [1.29, 1.82) is 0 Å². The molecule has 1 amide bonds. The van der Waals surface area contributed by atoms with E-state index in [1.54, 1.807) is 6.07 Å². The largest absolute Gasteiger partial charge is 0.423 e. The lowest BCUT2D eigenvalue weighted by Crippen LogP contribution is -2.35. The zero-order chi connectivity index (χ0) is 20.4. The third kappa shape index (κ3) is 4.25. The van der Waals surface area contributed by atoms with Crippen molar-refractivity contribution in [3.63, 3.8) is 0 Å². The second-order valence-corrected chi connectivity index (χ2v) is 7.81. The summed E-state index contributed by atoms with van der Waals surface area (Å²) < 4.78 is 5.42. The number of nitrogens with zero attached hydrogens (tertiary/aromatic N) is 2. The standard InChI is InChI=1S/C24H26N2O3/c1-17-13-21-20(15-23(27)29-22(21)14-18(17)2)16-25-9-6-10-26(12-11-25)24(28)19-7-4-3-5-8-19/h3-5,7-8,13-15H,6,9-12,16H2,1-2H3. The van der Waals surface area contributed by atoms with Gasteiger partial charge in [-0.3, -0.25) is 9.69 Å². The van der Waals surface area contributed by atoms with Crippen molar-refractivity contribution in [3.05, 3.63) is 81.2 Å². The minimum Gasteiger partial charge on any atom is -0.423 e. The van der Waals surface area contributed by atoms with Crippen LogP contribution in [-0.2, 0) is 6.54 Å². The number of amides is 1. The molecular weight excluding hydrogens is 364 g/mol. The van der Waals surface area contributed by atoms with E-state index in [-0.39, 0.29) is 11.5 Å². The topological polar surface area (TPSA) is 53.8 Å². The summed E-state index contributed by atoms with van der Waals surface area (Å²) >= 11 is 0. The lowest BCUT2D eigenvalue weighted by molar-refractivity contribution is 0.0761. The summed E-state index contributed by atoms with van der Waals surface area (Å²) in [6, 6.07) is 15.1. The maximum Gasteiger partial charge on any atom is 0.336 e. The van der Waals surface area contributed by atoms with Crippen LogP contribution in [0.1, 0.15) is 33.5 Å². The third-order valence-corrected chi connectivity index (χ3v) is 5.73. The predicted octanol–water partition coefficient (Wildman–Crippen LogP) is 3.76. The monoisotopic (exact) mass is 390 g/mol. The quantitative estimate of drug-likeness (QED) is 0.639. The first kappa shape index (κ1) is 19.4. The normalized spacial score (nSPS) is 15.4. The van der Waals surface area contributed by atoms with E-state index in [0.29, 0.717) is 18.7 Å². The van der Waals surface area contributed by atoms with Crippen molar-refractivity contribution in [1.82, 2.24) is 9.80 Å². The molecule has 1 aliphatic rings. The van der Waals surface area contributed by atoms with E-state index in [1.807, 2.05) is 48.2 Å². The number of fused-ring (bicyclic) bond motifs is 1. The molecule has 150 valence electrons. The molecule has 0 radical (unpaired) electrons. The molecule has 5 heteroatoms. The molecule has 1 aromatic heterocycles. The summed E-state index contributed by atoms with van der Waals surface area (Å²) in [7, 11) is 0. The van der Waals surface area contributed by atoms with Gasteiger partial charge in [-0.05, 0) is 61.2 Å². The molecule has 5 nitrogen and oxygen atoms in total. The molecule has 4 rings (SSSR count). The second kappa shape index (κ2) is 8.21. The fourth-order valence-electron chi connectivity index (χ4n) is 3.95. The fourth-order valence-corrected chi connectivity index (χ4v) is 3.95. The highest BCUT2D eigenvalue weighted by atomic mass is 16.4. The van der Waals surface area contributed by atoms with E-state index >= 15 is 0 Å². The van der Waals surface area contributed by atoms with Gasteiger partial charge >= 0.3 is 5.63 Å². The van der Waals surface area contributed by atoms with Crippen LogP contribution >= 0.6 is 0 Å². The maximum atomic E-state index is 12.8. The Kier molecular flexibility index (Phi) is 5.49. The minimum absolute atomic E-state index is 0.0874. The van der Waals surface area contributed by atoms with Crippen LogP contribution in [0.15, 0.2) is 57.7 Å². The van der Waals surface area contributed by atoms with Gasteiger partial charge in [-0.25, -0.2) is 4.79 Å². The number of hydrogen-bond donors (Lipinski definition) is 0. The van der Waals surface area contributed by atoms with Crippen molar-refractivity contribution >= 4 is 16.9 Å². The summed E-state index contributed by atoms with van der Waals surface area (Å²) in [6.07, 6.45) is 0.913.